The van der Waals surface area contributed by atoms with Crippen LogP contribution in [0.4, 0.5) is 17.1 Å². The van der Waals surface area contributed by atoms with Crippen LogP contribution in [-0.4, -0.2) is 0 Å². The van der Waals surface area contributed by atoms with Crippen LogP contribution in [0.1, 0.15) is 23.8 Å². The Morgan fingerprint density at radius 2 is 1.06 bits per heavy atom. The SMILES string of the molecule is CC1Cc2oc3ccc(-c4ccccc4)cc3c2C=C1c1cccc2c(-c3ccc(N(c4ccccc4)c4ccccc4)cc3)cccc12. The van der Waals surface area contributed by atoms with E-state index in [0.29, 0.717) is 5.92 Å². The van der Waals surface area contributed by atoms with Gasteiger partial charge in [-0.05, 0) is 105 Å². The minimum Gasteiger partial charge on any atom is -0.460 e. The van der Waals surface area contributed by atoms with Crippen LogP contribution in [0.2, 0.25) is 0 Å². The summed E-state index contributed by atoms with van der Waals surface area (Å²) in [5, 5.41) is 3.72. The molecule has 1 aromatic heterocycles. The zero-order valence-corrected chi connectivity index (χ0v) is 27.4. The standard InChI is InChI=1S/C47H35NO/c1-32-29-47-45(44-30-35(25-28-46(44)49-47)33-13-5-2-6-14-33)31-43(32)42-22-12-20-40-39(19-11-21-41(40)42)34-23-26-38(27-24-34)48(36-15-7-3-8-16-36)37-17-9-4-10-18-37/h2-28,30-32H,29H2,1H3. The highest BCUT2D eigenvalue weighted by molar-refractivity contribution is 6.06. The van der Waals surface area contributed by atoms with Gasteiger partial charge in [-0.3, -0.25) is 0 Å². The number of allylic oxidation sites excluding steroid dienone is 1. The van der Waals surface area contributed by atoms with Crippen molar-refractivity contribution < 1.29 is 4.42 Å². The normalized spacial score (nSPS) is 14.1. The van der Waals surface area contributed by atoms with Gasteiger partial charge in [0.25, 0.3) is 0 Å². The number of furan rings is 1. The lowest BCUT2D eigenvalue weighted by atomic mass is 9.81. The van der Waals surface area contributed by atoms with Crippen molar-refractivity contribution in [2.75, 3.05) is 4.90 Å². The van der Waals surface area contributed by atoms with E-state index in [4.69, 9.17) is 4.42 Å². The third-order valence-corrected chi connectivity index (χ3v) is 9.93. The predicted molar refractivity (Wildman–Crippen MR) is 206 cm³/mol. The van der Waals surface area contributed by atoms with Gasteiger partial charge in [0, 0.05) is 34.4 Å². The number of hydrogen-bond acceptors (Lipinski definition) is 2. The Morgan fingerprint density at radius 3 is 1.73 bits per heavy atom. The summed E-state index contributed by atoms with van der Waals surface area (Å²) in [6, 6.07) is 60.8. The largest absolute Gasteiger partial charge is 0.460 e. The van der Waals surface area contributed by atoms with Crippen molar-refractivity contribution in [2.24, 2.45) is 5.92 Å². The Bertz CT molecular complexity index is 2420. The van der Waals surface area contributed by atoms with Crippen molar-refractivity contribution in [3.05, 3.63) is 187 Å². The number of benzene rings is 7. The summed E-state index contributed by atoms with van der Waals surface area (Å²) >= 11 is 0. The van der Waals surface area contributed by atoms with Crippen LogP contribution in [0.3, 0.4) is 0 Å². The predicted octanol–water partition coefficient (Wildman–Crippen LogP) is 13.1. The first-order valence-electron chi connectivity index (χ1n) is 17.1. The summed E-state index contributed by atoms with van der Waals surface area (Å²) in [7, 11) is 0. The molecule has 8 aromatic rings. The molecule has 2 nitrogen and oxygen atoms in total. The monoisotopic (exact) mass is 629 g/mol. The fourth-order valence-corrected chi connectivity index (χ4v) is 7.52. The third-order valence-electron chi connectivity index (χ3n) is 9.93. The number of nitrogens with zero attached hydrogens (tertiary/aromatic N) is 1. The van der Waals surface area contributed by atoms with Crippen LogP contribution in [0.5, 0.6) is 0 Å². The molecule has 1 unspecified atom stereocenters. The molecule has 0 radical (unpaired) electrons. The van der Waals surface area contributed by atoms with Gasteiger partial charge in [-0.25, -0.2) is 0 Å². The second-order valence-corrected chi connectivity index (χ2v) is 13.0. The summed E-state index contributed by atoms with van der Waals surface area (Å²) in [6.45, 7) is 2.32. The molecule has 1 aliphatic carbocycles. The van der Waals surface area contributed by atoms with E-state index in [9.17, 15) is 0 Å². The maximum Gasteiger partial charge on any atom is 0.134 e. The smallest absolute Gasteiger partial charge is 0.134 e. The van der Waals surface area contributed by atoms with Crippen LogP contribution in [0.15, 0.2) is 174 Å². The van der Waals surface area contributed by atoms with Crippen molar-refractivity contribution in [1.82, 2.24) is 0 Å². The van der Waals surface area contributed by atoms with Gasteiger partial charge in [0.05, 0.1) is 0 Å². The molecule has 0 fully saturated rings. The maximum atomic E-state index is 6.44. The van der Waals surface area contributed by atoms with Crippen LogP contribution >= 0.6 is 0 Å². The lowest BCUT2D eigenvalue weighted by Crippen LogP contribution is -2.09. The van der Waals surface area contributed by atoms with Gasteiger partial charge in [0.1, 0.15) is 11.3 Å². The molecule has 9 rings (SSSR count). The fourth-order valence-electron chi connectivity index (χ4n) is 7.52. The van der Waals surface area contributed by atoms with E-state index < -0.39 is 0 Å². The summed E-state index contributed by atoms with van der Waals surface area (Å²) in [5.74, 6) is 1.41. The molecule has 0 saturated carbocycles. The summed E-state index contributed by atoms with van der Waals surface area (Å²) < 4.78 is 6.44. The molecule has 7 aromatic carbocycles. The minimum atomic E-state index is 0.331. The quantitative estimate of drug-likeness (QED) is 0.182. The lowest BCUT2D eigenvalue weighted by Gasteiger charge is -2.25. The molecule has 1 aliphatic rings. The van der Waals surface area contributed by atoms with Gasteiger partial charge in [-0.2, -0.15) is 0 Å². The maximum absolute atomic E-state index is 6.44. The van der Waals surface area contributed by atoms with Crippen LogP contribution in [0.25, 0.3) is 55.6 Å². The van der Waals surface area contributed by atoms with Gasteiger partial charge in [0.15, 0.2) is 0 Å². The van der Waals surface area contributed by atoms with Crippen LogP contribution in [-0.2, 0) is 6.42 Å². The van der Waals surface area contributed by atoms with E-state index in [-0.39, 0.29) is 0 Å². The average molecular weight is 630 g/mol. The fraction of sp³-hybridized carbons (Fsp3) is 0.0638. The van der Waals surface area contributed by atoms with Gasteiger partial charge in [0.2, 0.25) is 0 Å². The molecule has 234 valence electrons. The second kappa shape index (κ2) is 12.2. The van der Waals surface area contributed by atoms with Gasteiger partial charge < -0.3 is 9.32 Å². The Labute approximate surface area is 287 Å². The number of fused-ring (bicyclic) bond motifs is 4. The first-order chi connectivity index (χ1) is 24.2. The number of anilines is 3. The molecule has 0 saturated heterocycles. The van der Waals surface area contributed by atoms with Crippen molar-refractivity contribution in [2.45, 2.75) is 13.3 Å². The summed E-state index contributed by atoms with van der Waals surface area (Å²) in [5.41, 5.74) is 13.1. The molecule has 1 atom stereocenters. The van der Waals surface area contributed by atoms with Gasteiger partial charge in [-0.1, -0.05) is 128 Å². The zero-order chi connectivity index (χ0) is 32.7. The first-order valence-corrected chi connectivity index (χ1v) is 17.1. The van der Waals surface area contributed by atoms with E-state index in [1.54, 1.807) is 0 Å². The van der Waals surface area contributed by atoms with E-state index in [0.717, 1.165) is 34.8 Å². The van der Waals surface area contributed by atoms with Crippen LogP contribution < -0.4 is 4.90 Å². The molecular formula is C47H35NO. The van der Waals surface area contributed by atoms with E-state index in [1.807, 2.05) is 0 Å². The third kappa shape index (κ3) is 5.23. The Balaban J connectivity index is 1.11. The van der Waals surface area contributed by atoms with E-state index in [2.05, 4.69) is 188 Å². The van der Waals surface area contributed by atoms with Crippen molar-refractivity contribution in [3.63, 3.8) is 0 Å². The molecule has 0 aliphatic heterocycles. The molecule has 0 N–H and O–H groups in total. The molecule has 0 amide bonds. The van der Waals surface area contributed by atoms with Crippen LogP contribution in [0, 0.1) is 5.92 Å². The number of hydrogen-bond donors (Lipinski definition) is 0. The zero-order valence-electron chi connectivity index (χ0n) is 27.4. The average Bonchev–Trinajstić information content (AvgIpc) is 3.52. The number of para-hydroxylation sites is 2. The van der Waals surface area contributed by atoms with Crippen molar-refractivity contribution >= 4 is 50.5 Å². The molecule has 1 heterocycles. The molecule has 2 heteroatoms. The molecular weight excluding hydrogens is 595 g/mol. The topological polar surface area (TPSA) is 16.4 Å². The summed E-state index contributed by atoms with van der Waals surface area (Å²) in [4.78, 5) is 2.30. The van der Waals surface area contributed by atoms with Crippen molar-refractivity contribution in [3.8, 4) is 22.3 Å². The highest BCUT2D eigenvalue weighted by Gasteiger charge is 2.25. The second-order valence-electron chi connectivity index (χ2n) is 13.0. The molecule has 0 spiro atoms. The minimum absolute atomic E-state index is 0.331. The molecule has 49 heavy (non-hydrogen) atoms. The Morgan fingerprint density at radius 1 is 0.490 bits per heavy atom. The number of rotatable bonds is 6. The highest BCUT2D eigenvalue weighted by Crippen LogP contribution is 2.44. The van der Waals surface area contributed by atoms with Crippen molar-refractivity contribution in [1.29, 1.82) is 0 Å². The Kier molecular flexibility index (Phi) is 7.21. The van der Waals surface area contributed by atoms with Gasteiger partial charge in [-0.15, -0.1) is 0 Å². The highest BCUT2D eigenvalue weighted by atomic mass is 16.3. The van der Waals surface area contributed by atoms with E-state index >= 15 is 0 Å². The first kappa shape index (κ1) is 29.1. The Hall–Kier alpha value is -6.12. The van der Waals surface area contributed by atoms with E-state index in [1.165, 1.54) is 55.1 Å². The summed E-state index contributed by atoms with van der Waals surface area (Å²) in [6.07, 6.45) is 3.27. The lowest BCUT2D eigenvalue weighted by molar-refractivity contribution is 0.518. The van der Waals surface area contributed by atoms with Gasteiger partial charge >= 0.3 is 0 Å². The molecule has 0 bridgehead atoms.